The van der Waals surface area contributed by atoms with Gasteiger partial charge < -0.3 is 9.53 Å². The molecule has 5 heteroatoms. The molecular weight excluding hydrogens is 182 g/mol. The van der Waals surface area contributed by atoms with Gasteiger partial charge in [-0.3, -0.25) is 0 Å². The molecule has 0 N–H and O–H groups in total. The first kappa shape index (κ1) is 12.0. The maximum absolute atomic E-state index is 12.7. The number of hydrogen-bond donors (Lipinski definition) is 0. The summed E-state index contributed by atoms with van der Waals surface area (Å²) in [5.74, 6) is -5.47. The third kappa shape index (κ3) is 4.55. The molecule has 0 atom stereocenters. The van der Waals surface area contributed by atoms with Gasteiger partial charge in [0.2, 0.25) is 0 Å². The second kappa shape index (κ2) is 4.89. The van der Waals surface area contributed by atoms with E-state index in [1.807, 2.05) is 0 Å². The molecule has 76 valence electrons. The van der Waals surface area contributed by atoms with Crippen LogP contribution in [0.2, 0.25) is 0 Å². The maximum atomic E-state index is 12.7. The van der Waals surface area contributed by atoms with Crippen LogP contribution < -0.4 is 0 Å². The summed E-state index contributed by atoms with van der Waals surface area (Å²) in [6.45, 7) is 2.55. The number of Topliss-reactive ketones (excluding diaryl/α,β-unsaturated/α-hetero) is 1. The summed E-state index contributed by atoms with van der Waals surface area (Å²) >= 11 is 0. The number of hydrogen-bond acceptors (Lipinski definition) is 3. The number of halogens is 2. The molecule has 0 aromatic carbocycles. The zero-order valence-corrected chi connectivity index (χ0v) is 7.60. The fraction of sp³-hybridized carbons (Fsp3) is 0.750. The molecule has 0 aliphatic heterocycles. The van der Waals surface area contributed by atoms with Crippen molar-refractivity contribution in [3.63, 3.8) is 0 Å². The monoisotopic (exact) mass is 194 g/mol. The first-order valence-electron chi connectivity index (χ1n) is 3.94. The van der Waals surface area contributed by atoms with Gasteiger partial charge in [0.25, 0.3) is 0 Å². The topological polar surface area (TPSA) is 43.4 Å². The lowest BCUT2D eigenvalue weighted by atomic mass is 10.1. The second-order valence-electron chi connectivity index (χ2n) is 2.63. The van der Waals surface area contributed by atoms with E-state index in [0.29, 0.717) is 0 Å². The number of carbonyl (C=O) groups is 2. The largest absolute Gasteiger partial charge is 0.462 e. The Labute approximate surface area is 75.1 Å². The molecule has 13 heavy (non-hydrogen) atoms. The number of carbonyl (C=O) groups excluding carboxylic acids is 2. The van der Waals surface area contributed by atoms with Crippen molar-refractivity contribution < 1.29 is 23.1 Å². The molecule has 0 rings (SSSR count). The Morgan fingerprint density at radius 2 is 1.92 bits per heavy atom. The van der Waals surface area contributed by atoms with Gasteiger partial charge in [-0.2, -0.15) is 8.78 Å². The van der Waals surface area contributed by atoms with Gasteiger partial charge in [-0.1, -0.05) is 0 Å². The van der Waals surface area contributed by atoms with Gasteiger partial charge >= 0.3 is 11.9 Å². The molecule has 0 amide bonds. The van der Waals surface area contributed by atoms with E-state index in [1.165, 1.54) is 13.8 Å². The smallest absolute Gasteiger partial charge is 0.376 e. The van der Waals surface area contributed by atoms with Crippen molar-refractivity contribution in [2.24, 2.45) is 0 Å². The van der Waals surface area contributed by atoms with Crippen LogP contribution in [0.3, 0.4) is 0 Å². The fourth-order valence-electron chi connectivity index (χ4n) is 0.672. The van der Waals surface area contributed by atoms with E-state index in [1.54, 1.807) is 0 Å². The summed E-state index contributed by atoms with van der Waals surface area (Å²) in [7, 11) is 0. The van der Waals surface area contributed by atoms with Gasteiger partial charge in [0.15, 0.2) is 0 Å². The Hall–Kier alpha value is -1.00. The summed E-state index contributed by atoms with van der Waals surface area (Å²) in [4.78, 5) is 21.0. The summed E-state index contributed by atoms with van der Waals surface area (Å²) in [5, 5.41) is 0. The summed E-state index contributed by atoms with van der Waals surface area (Å²) < 4.78 is 29.6. The molecule has 0 heterocycles. The third-order valence-electron chi connectivity index (χ3n) is 1.37. The van der Waals surface area contributed by atoms with E-state index in [2.05, 4.69) is 4.74 Å². The molecule has 0 unspecified atom stereocenters. The van der Waals surface area contributed by atoms with Crippen LogP contribution in [0.4, 0.5) is 8.78 Å². The van der Waals surface area contributed by atoms with Crippen LogP contribution in [0.5, 0.6) is 0 Å². The van der Waals surface area contributed by atoms with Crippen molar-refractivity contribution in [2.45, 2.75) is 32.6 Å². The Morgan fingerprint density at radius 1 is 1.38 bits per heavy atom. The van der Waals surface area contributed by atoms with Crippen molar-refractivity contribution in [1.82, 2.24) is 0 Å². The van der Waals surface area contributed by atoms with Crippen molar-refractivity contribution in [3.05, 3.63) is 0 Å². The third-order valence-corrected chi connectivity index (χ3v) is 1.37. The molecule has 0 aliphatic rings. The minimum atomic E-state index is -3.54. The van der Waals surface area contributed by atoms with Crippen LogP contribution in [-0.4, -0.2) is 24.3 Å². The average molecular weight is 194 g/mol. The number of alkyl halides is 2. The van der Waals surface area contributed by atoms with Gasteiger partial charge in [0.1, 0.15) is 5.78 Å². The normalized spacial score (nSPS) is 11.1. The highest BCUT2D eigenvalue weighted by atomic mass is 19.3. The van der Waals surface area contributed by atoms with Gasteiger partial charge in [-0.05, 0) is 13.8 Å². The van der Waals surface area contributed by atoms with E-state index in [9.17, 15) is 18.4 Å². The van der Waals surface area contributed by atoms with Crippen LogP contribution in [0.15, 0.2) is 0 Å². The molecule has 0 saturated heterocycles. The minimum absolute atomic E-state index is 0.0888. The highest BCUT2D eigenvalue weighted by Gasteiger charge is 2.40. The Morgan fingerprint density at radius 3 is 2.31 bits per heavy atom. The van der Waals surface area contributed by atoms with E-state index >= 15 is 0 Å². The summed E-state index contributed by atoms with van der Waals surface area (Å²) in [6, 6.07) is 0. The van der Waals surface area contributed by atoms with Crippen molar-refractivity contribution in [3.8, 4) is 0 Å². The SMILES string of the molecule is CCOC(=O)C(F)(F)CCC(C)=O. The van der Waals surface area contributed by atoms with E-state index in [4.69, 9.17) is 0 Å². The molecular formula is C8H12F2O3. The zero-order chi connectivity index (χ0) is 10.5. The lowest BCUT2D eigenvalue weighted by Gasteiger charge is -2.13. The fourth-order valence-corrected chi connectivity index (χ4v) is 0.672. The van der Waals surface area contributed by atoms with E-state index in [0.717, 1.165) is 0 Å². The first-order valence-corrected chi connectivity index (χ1v) is 3.94. The molecule has 3 nitrogen and oxygen atoms in total. The van der Waals surface area contributed by atoms with Crippen LogP contribution in [0.25, 0.3) is 0 Å². The number of ketones is 1. The lowest BCUT2D eigenvalue weighted by Crippen LogP contribution is -2.31. The lowest BCUT2D eigenvalue weighted by molar-refractivity contribution is -0.172. The van der Waals surface area contributed by atoms with Gasteiger partial charge in [0.05, 0.1) is 6.61 Å². The summed E-state index contributed by atoms with van der Waals surface area (Å²) in [6.07, 6.45) is -1.09. The van der Waals surface area contributed by atoms with E-state index < -0.39 is 18.3 Å². The average Bonchev–Trinajstić information content (AvgIpc) is 2.01. The quantitative estimate of drug-likeness (QED) is 0.623. The van der Waals surface area contributed by atoms with Crippen molar-refractivity contribution in [1.29, 1.82) is 0 Å². The summed E-state index contributed by atoms with van der Waals surface area (Å²) in [5.41, 5.74) is 0. The molecule has 0 spiro atoms. The molecule has 0 aromatic rings. The minimum Gasteiger partial charge on any atom is -0.462 e. The Kier molecular flexibility index (Phi) is 4.51. The van der Waals surface area contributed by atoms with Crippen LogP contribution >= 0.6 is 0 Å². The highest BCUT2D eigenvalue weighted by molar-refractivity contribution is 5.80. The molecule has 0 aromatic heterocycles. The molecule has 0 bridgehead atoms. The van der Waals surface area contributed by atoms with Crippen LogP contribution in [0.1, 0.15) is 26.7 Å². The standard InChI is InChI=1S/C8H12F2O3/c1-3-13-7(12)8(9,10)5-4-6(2)11/h3-5H2,1-2H3. The second-order valence-corrected chi connectivity index (χ2v) is 2.63. The molecule has 0 radical (unpaired) electrons. The predicted molar refractivity (Wildman–Crippen MR) is 41.5 cm³/mol. The Balaban J connectivity index is 4.05. The molecule has 0 fully saturated rings. The van der Waals surface area contributed by atoms with Gasteiger partial charge in [-0.25, -0.2) is 4.79 Å². The van der Waals surface area contributed by atoms with Crippen LogP contribution in [-0.2, 0) is 14.3 Å². The van der Waals surface area contributed by atoms with E-state index in [-0.39, 0.29) is 18.8 Å². The van der Waals surface area contributed by atoms with Crippen molar-refractivity contribution in [2.75, 3.05) is 6.61 Å². The first-order chi connectivity index (χ1) is 5.90. The van der Waals surface area contributed by atoms with Crippen molar-refractivity contribution >= 4 is 11.8 Å². The predicted octanol–water partition coefficient (Wildman–Crippen LogP) is 1.55. The maximum Gasteiger partial charge on any atom is 0.376 e. The molecule has 0 aliphatic carbocycles. The molecule has 0 saturated carbocycles. The highest BCUT2D eigenvalue weighted by Crippen LogP contribution is 2.22. The Bertz CT molecular complexity index is 202. The zero-order valence-electron chi connectivity index (χ0n) is 7.60. The number of rotatable bonds is 5. The van der Waals surface area contributed by atoms with Gasteiger partial charge in [-0.15, -0.1) is 0 Å². The van der Waals surface area contributed by atoms with Gasteiger partial charge in [0, 0.05) is 12.8 Å². The van der Waals surface area contributed by atoms with Crippen LogP contribution in [0, 0.1) is 0 Å². The number of esters is 1. The number of ether oxygens (including phenoxy) is 1.